The van der Waals surface area contributed by atoms with Gasteiger partial charge in [-0.2, -0.15) is 0 Å². The third kappa shape index (κ3) is 5.03. The quantitative estimate of drug-likeness (QED) is 0.144. The zero-order valence-corrected chi connectivity index (χ0v) is 30.0. The molecular weight excluding hydrogens is 573 g/mol. The Kier molecular flexibility index (Phi) is 8.78. The molecule has 9 unspecified atom stereocenters. The van der Waals surface area contributed by atoms with Crippen molar-refractivity contribution in [3.05, 3.63) is 53.6 Å². The van der Waals surface area contributed by atoms with E-state index in [1.807, 2.05) is 24.1 Å². The van der Waals surface area contributed by atoms with Crippen LogP contribution < -0.4 is 10.0 Å². The predicted octanol–water partition coefficient (Wildman–Crippen LogP) is 9.64. The maximum absolute atomic E-state index is 11.5. The van der Waals surface area contributed by atoms with Crippen LogP contribution in [0.3, 0.4) is 0 Å². The van der Waals surface area contributed by atoms with E-state index in [1.165, 1.54) is 68.1 Å². The van der Waals surface area contributed by atoms with Crippen LogP contribution in [0.25, 0.3) is 5.57 Å². The number of fused-ring (bicyclic) bond motifs is 7. The SMILES string of the molecule is C=C(C)C1CCC2(NCCNSCC)CCC3(C)C(CCC4C5(C)CC=C(c6ccc(C(=O)O)cc6)C(C)(C)C5CCC43C)C12. The topological polar surface area (TPSA) is 61.4 Å². The zero-order valence-electron chi connectivity index (χ0n) is 29.2. The summed E-state index contributed by atoms with van der Waals surface area (Å²) in [7, 11) is 0. The summed E-state index contributed by atoms with van der Waals surface area (Å²) in [6, 6.07) is 7.64. The highest BCUT2D eigenvalue weighted by Gasteiger charge is 2.70. The number of carboxylic acids is 1. The van der Waals surface area contributed by atoms with Crippen LogP contribution >= 0.6 is 11.9 Å². The van der Waals surface area contributed by atoms with Gasteiger partial charge in [0.2, 0.25) is 0 Å². The number of rotatable bonds is 9. The summed E-state index contributed by atoms with van der Waals surface area (Å²) in [6.07, 6.45) is 14.2. The highest BCUT2D eigenvalue weighted by Crippen LogP contribution is 2.76. The summed E-state index contributed by atoms with van der Waals surface area (Å²) in [5.74, 6) is 3.68. The van der Waals surface area contributed by atoms with Gasteiger partial charge in [0.05, 0.1) is 5.56 Å². The summed E-state index contributed by atoms with van der Waals surface area (Å²) in [6.45, 7) is 24.3. The molecule has 3 N–H and O–H groups in total. The average molecular weight is 633 g/mol. The Bertz CT molecular complexity index is 1340. The van der Waals surface area contributed by atoms with Gasteiger partial charge in [-0.1, -0.05) is 83.9 Å². The Morgan fingerprint density at radius 3 is 2.33 bits per heavy atom. The van der Waals surface area contributed by atoms with Crippen LogP contribution in [0.4, 0.5) is 0 Å². The van der Waals surface area contributed by atoms with Crippen molar-refractivity contribution in [2.24, 2.45) is 51.2 Å². The summed E-state index contributed by atoms with van der Waals surface area (Å²) >= 11 is 1.83. The summed E-state index contributed by atoms with van der Waals surface area (Å²) < 4.78 is 3.56. The van der Waals surface area contributed by atoms with Gasteiger partial charge in [0.1, 0.15) is 0 Å². The van der Waals surface area contributed by atoms with E-state index in [4.69, 9.17) is 0 Å². The molecule has 45 heavy (non-hydrogen) atoms. The van der Waals surface area contributed by atoms with Crippen LogP contribution in [0.2, 0.25) is 0 Å². The molecule has 0 aliphatic heterocycles. The monoisotopic (exact) mass is 632 g/mol. The maximum Gasteiger partial charge on any atom is 0.335 e. The third-order valence-corrected chi connectivity index (χ3v) is 15.7. The number of benzene rings is 1. The number of nitrogens with one attached hydrogen (secondary N) is 2. The van der Waals surface area contributed by atoms with E-state index >= 15 is 0 Å². The molecule has 6 rings (SSSR count). The van der Waals surface area contributed by atoms with Crippen LogP contribution in [0, 0.1) is 51.2 Å². The molecule has 0 heterocycles. The largest absolute Gasteiger partial charge is 0.478 e. The standard InChI is InChI=1S/C40H60N2O2S/c1-9-45-42-25-24-41-40-21-16-29(26(2)3)34(40)31-14-15-33-37(6)19-17-30(27-10-12-28(13-11-27)35(43)44)36(4,5)32(37)18-20-39(33,8)38(31,7)22-23-40/h10-13,17,29,31-34,41-42H,2,9,14-16,18-25H2,1,3-8H3,(H,43,44). The second-order valence-corrected chi connectivity index (χ2v) is 18.2. The zero-order chi connectivity index (χ0) is 32.4. The fourth-order valence-electron chi connectivity index (χ4n) is 12.9. The Morgan fingerprint density at radius 2 is 1.67 bits per heavy atom. The smallest absolute Gasteiger partial charge is 0.335 e. The molecule has 0 bridgehead atoms. The second-order valence-electron chi connectivity index (χ2n) is 17.0. The number of carbonyl (C=O) groups is 1. The lowest BCUT2D eigenvalue weighted by molar-refractivity contribution is -0.219. The lowest BCUT2D eigenvalue weighted by atomic mass is 9.33. The number of allylic oxidation sites excluding steroid dienone is 3. The molecule has 248 valence electrons. The van der Waals surface area contributed by atoms with E-state index in [-0.39, 0.29) is 16.4 Å². The number of aromatic carboxylic acids is 1. The van der Waals surface area contributed by atoms with Crippen molar-refractivity contribution < 1.29 is 9.90 Å². The molecule has 9 atom stereocenters. The lowest BCUT2D eigenvalue weighted by Crippen LogP contribution is -2.68. The van der Waals surface area contributed by atoms with Crippen LogP contribution in [-0.2, 0) is 0 Å². The van der Waals surface area contributed by atoms with E-state index in [1.54, 1.807) is 12.1 Å². The Balaban J connectivity index is 1.30. The molecule has 4 saturated carbocycles. The van der Waals surface area contributed by atoms with Gasteiger partial charge >= 0.3 is 5.97 Å². The van der Waals surface area contributed by atoms with Crippen LogP contribution in [0.1, 0.15) is 122 Å². The highest BCUT2D eigenvalue weighted by atomic mass is 32.2. The van der Waals surface area contributed by atoms with Crippen molar-refractivity contribution >= 4 is 23.5 Å². The first-order valence-corrected chi connectivity index (χ1v) is 19.0. The Labute approximate surface area is 278 Å². The predicted molar refractivity (Wildman–Crippen MR) is 190 cm³/mol. The molecule has 5 aliphatic rings. The van der Waals surface area contributed by atoms with Crippen LogP contribution in [0.5, 0.6) is 0 Å². The van der Waals surface area contributed by atoms with E-state index in [9.17, 15) is 9.90 Å². The molecule has 1 aromatic rings. The molecule has 4 nitrogen and oxygen atoms in total. The minimum atomic E-state index is -0.854. The number of hydrogen-bond acceptors (Lipinski definition) is 4. The van der Waals surface area contributed by atoms with Gasteiger partial charge in [0.25, 0.3) is 0 Å². The Hall–Kier alpha value is -1.56. The van der Waals surface area contributed by atoms with Gasteiger partial charge in [0.15, 0.2) is 0 Å². The first kappa shape index (κ1) is 33.3. The summed E-state index contributed by atoms with van der Waals surface area (Å²) in [5.41, 5.74) is 5.65. The molecule has 0 radical (unpaired) electrons. The minimum Gasteiger partial charge on any atom is -0.478 e. The van der Waals surface area contributed by atoms with Crippen LogP contribution in [0.15, 0.2) is 42.5 Å². The van der Waals surface area contributed by atoms with E-state index in [0.29, 0.717) is 34.1 Å². The van der Waals surface area contributed by atoms with E-state index in [0.717, 1.165) is 37.1 Å². The lowest BCUT2D eigenvalue weighted by Gasteiger charge is -2.72. The second kappa shape index (κ2) is 11.8. The molecular formula is C40H60N2O2S. The molecule has 4 fully saturated rings. The van der Waals surface area contributed by atoms with E-state index < -0.39 is 5.97 Å². The first-order chi connectivity index (χ1) is 21.2. The van der Waals surface area contributed by atoms with Gasteiger partial charge < -0.3 is 10.4 Å². The van der Waals surface area contributed by atoms with Gasteiger partial charge in [0, 0.05) is 24.4 Å². The Morgan fingerprint density at radius 1 is 0.933 bits per heavy atom. The van der Waals surface area contributed by atoms with Crippen molar-refractivity contribution in [1.29, 1.82) is 0 Å². The van der Waals surface area contributed by atoms with E-state index in [2.05, 4.69) is 71.2 Å². The normalized spacial score (nSPS) is 41.7. The number of carboxylic acid groups (broad SMARTS) is 1. The molecule has 0 amide bonds. The van der Waals surface area contributed by atoms with Crippen molar-refractivity contribution in [2.75, 3.05) is 18.8 Å². The van der Waals surface area contributed by atoms with Gasteiger partial charge in [-0.05, 0) is 139 Å². The van der Waals surface area contributed by atoms with Crippen LogP contribution in [-0.4, -0.2) is 35.5 Å². The fourth-order valence-corrected chi connectivity index (χ4v) is 13.3. The molecule has 0 saturated heterocycles. The van der Waals surface area contributed by atoms with Crippen molar-refractivity contribution in [1.82, 2.24) is 10.0 Å². The molecule has 0 aromatic heterocycles. The first-order valence-electron chi connectivity index (χ1n) is 18.0. The third-order valence-electron chi connectivity index (χ3n) is 15.0. The van der Waals surface area contributed by atoms with Crippen molar-refractivity contribution in [3.63, 3.8) is 0 Å². The van der Waals surface area contributed by atoms with Gasteiger partial charge in [-0.15, -0.1) is 0 Å². The molecule has 1 aromatic carbocycles. The summed E-state index contributed by atoms with van der Waals surface area (Å²) in [5, 5.41) is 13.7. The van der Waals surface area contributed by atoms with Crippen molar-refractivity contribution in [3.8, 4) is 0 Å². The van der Waals surface area contributed by atoms with Gasteiger partial charge in [-0.3, -0.25) is 4.72 Å². The van der Waals surface area contributed by atoms with Crippen molar-refractivity contribution in [2.45, 2.75) is 112 Å². The highest BCUT2D eigenvalue weighted by molar-refractivity contribution is 7.97. The minimum absolute atomic E-state index is 0.0447. The average Bonchev–Trinajstić information content (AvgIpc) is 3.37. The molecule has 0 spiro atoms. The summed E-state index contributed by atoms with van der Waals surface area (Å²) in [4.78, 5) is 11.5. The maximum atomic E-state index is 11.5. The fraction of sp³-hybridized carbons (Fsp3) is 0.725. The molecule has 5 heteroatoms. The van der Waals surface area contributed by atoms with Gasteiger partial charge in [-0.25, -0.2) is 4.79 Å². The number of hydrogen-bond donors (Lipinski definition) is 3. The molecule has 5 aliphatic carbocycles.